The van der Waals surface area contributed by atoms with E-state index in [2.05, 4.69) is 5.32 Å². The number of carbonyl (C=O) groups is 3. The molecule has 2 rings (SSSR count). The number of Topliss-reactive ketones (excluding diaryl/α,β-unsaturated/α-hetero) is 1. The molecule has 0 spiro atoms. The second-order valence-corrected chi connectivity index (χ2v) is 4.39. The summed E-state index contributed by atoms with van der Waals surface area (Å²) in [6.07, 6.45) is 0. The second kappa shape index (κ2) is 5.09. The van der Waals surface area contributed by atoms with Crippen molar-refractivity contribution < 1.29 is 19.5 Å². The molecular formula is C13H14N2O4. The van der Waals surface area contributed by atoms with Crippen molar-refractivity contribution in [3.8, 4) is 0 Å². The quantitative estimate of drug-likeness (QED) is 0.764. The number of hydrogen-bond acceptors (Lipinski definition) is 4. The van der Waals surface area contributed by atoms with Gasteiger partial charge in [-0.05, 0) is 19.1 Å². The van der Waals surface area contributed by atoms with Crippen molar-refractivity contribution in [3.63, 3.8) is 0 Å². The van der Waals surface area contributed by atoms with Crippen molar-refractivity contribution in [1.82, 2.24) is 5.32 Å². The highest BCUT2D eigenvalue weighted by Crippen LogP contribution is 2.20. The Kier molecular flexibility index (Phi) is 3.50. The summed E-state index contributed by atoms with van der Waals surface area (Å²) in [5, 5.41) is 11.7. The number of nitrogens with zero attached hydrogens (tertiary/aromatic N) is 1. The van der Waals surface area contributed by atoms with E-state index >= 15 is 0 Å². The van der Waals surface area contributed by atoms with Gasteiger partial charge in [0.2, 0.25) is 5.91 Å². The Labute approximate surface area is 110 Å². The van der Waals surface area contributed by atoms with Gasteiger partial charge in [-0.2, -0.15) is 0 Å². The molecule has 0 aromatic heterocycles. The number of carboxylic acid groups (broad SMARTS) is 1. The van der Waals surface area contributed by atoms with Gasteiger partial charge >= 0.3 is 5.97 Å². The molecule has 0 aliphatic carbocycles. The number of benzene rings is 1. The Hall–Kier alpha value is -2.37. The number of amides is 1. The van der Waals surface area contributed by atoms with E-state index in [1.54, 1.807) is 24.3 Å². The average Bonchev–Trinajstić information content (AvgIpc) is 2.38. The fourth-order valence-electron chi connectivity index (χ4n) is 2.04. The fraction of sp³-hybridized carbons (Fsp3) is 0.308. The number of rotatable bonds is 3. The fourth-order valence-corrected chi connectivity index (χ4v) is 2.04. The van der Waals surface area contributed by atoms with Gasteiger partial charge in [0, 0.05) is 17.8 Å². The molecule has 2 N–H and O–H groups in total. The third kappa shape index (κ3) is 2.73. The molecule has 6 heteroatoms. The third-order valence-electron chi connectivity index (χ3n) is 3.05. The molecule has 0 bridgehead atoms. The summed E-state index contributed by atoms with van der Waals surface area (Å²) in [4.78, 5) is 35.5. The molecule has 1 fully saturated rings. The molecule has 1 amide bonds. The first-order chi connectivity index (χ1) is 8.99. The van der Waals surface area contributed by atoms with Crippen molar-refractivity contribution in [1.29, 1.82) is 0 Å². The molecule has 0 radical (unpaired) electrons. The molecule has 1 heterocycles. The number of hydrogen-bond donors (Lipinski definition) is 2. The largest absolute Gasteiger partial charge is 0.480 e. The Bertz CT molecular complexity index is 541. The van der Waals surface area contributed by atoms with E-state index < -0.39 is 12.0 Å². The SMILES string of the molecule is CC(=O)c1cccc(N2CC(=O)NCC2C(=O)O)c1. The van der Waals surface area contributed by atoms with Gasteiger partial charge in [-0.1, -0.05) is 12.1 Å². The Morgan fingerprint density at radius 3 is 2.79 bits per heavy atom. The van der Waals surface area contributed by atoms with Crippen molar-refractivity contribution >= 4 is 23.3 Å². The van der Waals surface area contributed by atoms with Crippen LogP contribution < -0.4 is 10.2 Å². The third-order valence-corrected chi connectivity index (χ3v) is 3.05. The molecule has 1 aliphatic heterocycles. The van der Waals surface area contributed by atoms with Gasteiger partial charge in [-0.15, -0.1) is 0 Å². The van der Waals surface area contributed by atoms with Crippen LogP contribution in [0.5, 0.6) is 0 Å². The lowest BCUT2D eigenvalue weighted by atomic mass is 10.1. The van der Waals surface area contributed by atoms with E-state index in [1.165, 1.54) is 11.8 Å². The standard InChI is InChI=1S/C13H14N2O4/c1-8(16)9-3-2-4-10(5-9)15-7-12(17)14-6-11(15)13(18)19/h2-5,11H,6-7H2,1H3,(H,14,17)(H,18,19). The monoisotopic (exact) mass is 262 g/mol. The zero-order valence-corrected chi connectivity index (χ0v) is 10.4. The predicted molar refractivity (Wildman–Crippen MR) is 68.2 cm³/mol. The van der Waals surface area contributed by atoms with Gasteiger partial charge in [0.1, 0.15) is 6.04 Å². The maximum absolute atomic E-state index is 11.4. The number of carboxylic acids is 1. The van der Waals surface area contributed by atoms with Crippen LogP contribution in [0.15, 0.2) is 24.3 Å². The van der Waals surface area contributed by atoms with Crippen LogP contribution in [0.25, 0.3) is 0 Å². The second-order valence-electron chi connectivity index (χ2n) is 4.39. The van der Waals surface area contributed by atoms with Crippen molar-refractivity contribution in [3.05, 3.63) is 29.8 Å². The Balaban J connectivity index is 2.36. The van der Waals surface area contributed by atoms with Crippen LogP contribution in [0.2, 0.25) is 0 Å². The lowest BCUT2D eigenvalue weighted by Crippen LogP contribution is -2.57. The minimum absolute atomic E-state index is 0.0294. The highest BCUT2D eigenvalue weighted by atomic mass is 16.4. The summed E-state index contributed by atoms with van der Waals surface area (Å²) in [5.41, 5.74) is 1.06. The zero-order valence-electron chi connectivity index (χ0n) is 10.4. The number of nitrogens with one attached hydrogen (secondary N) is 1. The highest BCUT2D eigenvalue weighted by Gasteiger charge is 2.32. The van der Waals surface area contributed by atoms with Crippen LogP contribution in [0.4, 0.5) is 5.69 Å². The molecule has 1 unspecified atom stereocenters. The van der Waals surface area contributed by atoms with E-state index in [-0.39, 0.29) is 24.8 Å². The summed E-state index contributed by atoms with van der Waals surface area (Å²) in [5.74, 6) is -1.34. The molecule has 0 saturated carbocycles. The first kappa shape index (κ1) is 13.1. The number of aliphatic carboxylic acids is 1. The smallest absolute Gasteiger partial charge is 0.328 e. The number of piperazine rings is 1. The van der Waals surface area contributed by atoms with E-state index in [1.807, 2.05) is 0 Å². The van der Waals surface area contributed by atoms with Crippen LogP contribution in [-0.4, -0.2) is 41.9 Å². The summed E-state index contributed by atoms with van der Waals surface area (Å²) in [6.45, 7) is 1.47. The average molecular weight is 262 g/mol. The van der Waals surface area contributed by atoms with Gasteiger partial charge in [0.15, 0.2) is 5.78 Å². The summed E-state index contributed by atoms with van der Waals surface area (Å²) in [6, 6.07) is 5.82. The Morgan fingerprint density at radius 1 is 1.42 bits per heavy atom. The number of anilines is 1. The number of carbonyl (C=O) groups excluding carboxylic acids is 2. The van der Waals surface area contributed by atoms with Crippen LogP contribution in [0.3, 0.4) is 0 Å². The van der Waals surface area contributed by atoms with Gasteiger partial charge in [0.05, 0.1) is 6.54 Å². The molecule has 1 aromatic rings. The Morgan fingerprint density at radius 2 is 2.16 bits per heavy atom. The van der Waals surface area contributed by atoms with E-state index in [0.717, 1.165) is 0 Å². The van der Waals surface area contributed by atoms with Gasteiger partial charge in [-0.25, -0.2) is 4.79 Å². The van der Waals surface area contributed by atoms with Crippen LogP contribution in [0.1, 0.15) is 17.3 Å². The van der Waals surface area contributed by atoms with Crippen molar-refractivity contribution in [2.75, 3.05) is 18.0 Å². The van der Waals surface area contributed by atoms with Crippen molar-refractivity contribution in [2.45, 2.75) is 13.0 Å². The highest BCUT2D eigenvalue weighted by molar-refractivity contribution is 5.96. The molecule has 1 aromatic carbocycles. The van der Waals surface area contributed by atoms with Gasteiger partial charge < -0.3 is 15.3 Å². The van der Waals surface area contributed by atoms with Crippen LogP contribution in [0, 0.1) is 0 Å². The molecule has 19 heavy (non-hydrogen) atoms. The lowest BCUT2D eigenvalue weighted by molar-refractivity contribution is -0.139. The summed E-state index contributed by atoms with van der Waals surface area (Å²) < 4.78 is 0. The lowest BCUT2D eigenvalue weighted by Gasteiger charge is -2.34. The maximum atomic E-state index is 11.4. The zero-order chi connectivity index (χ0) is 14.0. The van der Waals surface area contributed by atoms with Gasteiger partial charge in [-0.3, -0.25) is 9.59 Å². The topological polar surface area (TPSA) is 86.7 Å². The van der Waals surface area contributed by atoms with E-state index in [0.29, 0.717) is 11.3 Å². The maximum Gasteiger partial charge on any atom is 0.328 e. The molecule has 100 valence electrons. The van der Waals surface area contributed by atoms with Crippen molar-refractivity contribution in [2.24, 2.45) is 0 Å². The molecular weight excluding hydrogens is 248 g/mol. The first-order valence-corrected chi connectivity index (χ1v) is 5.86. The van der Waals surface area contributed by atoms with E-state index in [9.17, 15) is 19.5 Å². The first-order valence-electron chi connectivity index (χ1n) is 5.86. The van der Waals surface area contributed by atoms with Gasteiger partial charge in [0.25, 0.3) is 0 Å². The summed E-state index contributed by atoms with van der Waals surface area (Å²) >= 11 is 0. The predicted octanol–water partition coefficient (Wildman–Crippen LogP) is 0.279. The minimum atomic E-state index is -1.01. The molecule has 1 aliphatic rings. The summed E-state index contributed by atoms with van der Waals surface area (Å²) in [7, 11) is 0. The normalized spacial score (nSPS) is 18.9. The van der Waals surface area contributed by atoms with Crippen LogP contribution in [-0.2, 0) is 9.59 Å². The number of ketones is 1. The molecule has 6 nitrogen and oxygen atoms in total. The van der Waals surface area contributed by atoms with Crippen LogP contribution >= 0.6 is 0 Å². The molecule has 1 atom stereocenters. The minimum Gasteiger partial charge on any atom is -0.480 e. The van der Waals surface area contributed by atoms with E-state index in [4.69, 9.17) is 0 Å². The molecule has 1 saturated heterocycles.